The molecule has 0 aliphatic carbocycles. The van der Waals surface area contributed by atoms with E-state index in [0.29, 0.717) is 35.3 Å². The van der Waals surface area contributed by atoms with Crippen LogP contribution < -0.4 is 9.47 Å². The molecule has 0 amide bonds. The van der Waals surface area contributed by atoms with Crippen molar-refractivity contribution in [3.05, 3.63) is 99.0 Å². The molecule has 3 aromatic rings. The summed E-state index contributed by atoms with van der Waals surface area (Å²) < 4.78 is 12.5. The Hall–Kier alpha value is -2.56. The molecule has 3 rings (SSSR count). The third-order valence-corrected chi connectivity index (χ3v) is 5.10. The minimum absolute atomic E-state index is 0.0567. The summed E-state index contributed by atoms with van der Waals surface area (Å²) in [4.78, 5) is 12.3. The van der Waals surface area contributed by atoms with Gasteiger partial charge in [-0.25, -0.2) is 0 Å². The number of ketones is 1. The number of halogens is 2. The Balaban J connectivity index is 1.81. The summed E-state index contributed by atoms with van der Waals surface area (Å²) in [5, 5.41) is 0.653. The molecule has 0 N–H and O–H groups in total. The molecule has 3 aromatic carbocycles. The summed E-state index contributed by atoms with van der Waals surface area (Å²) in [5.41, 5.74) is 2.36. The summed E-state index contributed by atoms with van der Waals surface area (Å²) in [6.45, 7) is 2.72. The Morgan fingerprint density at radius 1 is 1.03 bits per heavy atom. The SMILES string of the molecule is CCOc1cc(/C=C/C(=O)c2ccccc2)cc(Br)c1OCc1ccccc1Cl. The lowest BCUT2D eigenvalue weighted by Gasteiger charge is -2.15. The average Bonchev–Trinajstić information content (AvgIpc) is 2.73. The molecule has 0 atom stereocenters. The van der Waals surface area contributed by atoms with Crippen molar-refractivity contribution < 1.29 is 14.3 Å². The monoisotopic (exact) mass is 470 g/mol. The first-order chi connectivity index (χ1) is 14.1. The van der Waals surface area contributed by atoms with Gasteiger partial charge in [0.25, 0.3) is 0 Å². The predicted octanol–water partition coefficient (Wildman–Crippen LogP) is 6.98. The highest BCUT2D eigenvalue weighted by Crippen LogP contribution is 2.38. The first-order valence-corrected chi connectivity index (χ1v) is 10.4. The van der Waals surface area contributed by atoms with Gasteiger partial charge < -0.3 is 9.47 Å². The van der Waals surface area contributed by atoms with Crippen LogP contribution in [-0.4, -0.2) is 12.4 Å². The van der Waals surface area contributed by atoms with Crippen LogP contribution in [0.3, 0.4) is 0 Å². The highest BCUT2D eigenvalue weighted by Gasteiger charge is 2.13. The summed E-state index contributed by atoms with van der Waals surface area (Å²) in [6.07, 6.45) is 3.32. The van der Waals surface area contributed by atoms with Gasteiger partial charge >= 0.3 is 0 Å². The van der Waals surface area contributed by atoms with E-state index in [1.54, 1.807) is 24.3 Å². The van der Waals surface area contributed by atoms with Crippen LogP contribution in [0.4, 0.5) is 0 Å². The average molecular weight is 472 g/mol. The zero-order valence-electron chi connectivity index (χ0n) is 15.9. The molecule has 3 nitrogen and oxygen atoms in total. The number of hydrogen-bond acceptors (Lipinski definition) is 3. The number of allylic oxidation sites excluding steroid dienone is 1. The predicted molar refractivity (Wildman–Crippen MR) is 121 cm³/mol. The highest BCUT2D eigenvalue weighted by molar-refractivity contribution is 9.10. The Kier molecular flexibility index (Phi) is 7.50. The van der Waals surface area contributed by atoms with E-state index in [4.69, 9.17) is 21.1 Å². The van der Waals surface area contributed by atoms with Crippen molar-refractivity contribution in [2.24, 2.45) is 0 Å². The van der Waals surface area contributed by atoms with Gasteiger partial charge in [0.05, 0.1) is 11.1 Å². The Bertz CT molecular complexity index is 1020. The van der Waals surface area contributed by atoms with E-state index in [1.807, 2.05) is 61.5 Å². The van der Waals surface area contributed by atoms with Crippen molar-refractivity contribution in [1.29, 1.82) is 0 Å². The van der Waals surface area contributed by atoms with Gasteiger partial charge in [0.1, 0.15) is 6.61 Å². The number of ether oxygens (including phenoxy) is 2. The van der Waals surface area contributed by atoms with Crippen molar-refractivity contribution in [3.63, 3.8) is 0 Å². The lowest BCUT2D eigenvalue weighted by molar-refractivity contribution is 0.104. The van der Waals surface area contributed by atoms with E-state index in [-0.39, 0.29) is 5.78 Å². The van der Waals surface area contributed by atoms with E-state index in [0.717, 1.165) is 15.6 Å². The summed E-state index contributed by atoms with van der Waals surface area (Å²) in [7, 11) is 0. The quantitative estimate of drug-likeness (QED) is 0.263. The third-order valence-electron chi connectivity index (χ3n) is 4.15. The molecule has 0 aromatic heterocycles. The fourth-order valence-corrected chi connectivity index (χ4v) is 3.49. The van der Waals surface area contributed by atoms with Gasteiger partial charge in [-0.15, -0.1) is 0 Å². The zero-order chi connectivity index (χ0) is 20.6. The first kappa shape index (κ1) is 21.2. The van der Waals surface area contributed by atoms with Gasteiger partial charge in [-0.2, -0.15) is 0 Å². The Morgan fingerprint density at radius 3 is 2.48 bits per heavy atom. The maximum atomic E-state index is 12.3. The van der Waals surface area contributed by atoms with Crippen LogP contribution in [0.2, 0.25) is 5.02 Å². The summed E-state index contributed by atoms with van der Waals surface area (Å²) in [5.74, 6) is 1.14. The molecule has 0 aliphatic heterocycles. The lowest BCUT2D eigenvalue weighted by Crippen LogP contribution is -2.01. The molecule has 0 saturated heterocycles. The number of carbonyl (C=O) groups is 1. The molecule has 0 spiro atoms. The molecule has 0 radical (unpaired) electrons. The molecular formula is C24H20BrClO3. The zero-order valence-corrected chi connectivity index (χ0v) is 18.2. The van der Waals surface area contributed by atoms with Gasteiger partial charge in [0.15, 0.2) is 17.3 Å². The molecule has 29 heavy (non-hydrogen) atoms. The molecule has 0 heterocycles. The van der Waals surface area contributed by atoms with E-state index in [1.165, 1.54) is 0 Å². The van der Waals surface area contributed by atoms with Gasteiger partial charge in [-0.05, 0) is 52.7 Å². The van der Waals surface area contributed by atoms with Crippen LogP contribution in [-0.2, 0) is 6.61 Å². The van der Waals surface area contributed by atoms with Crippen molar-refractivity contribution in [1.82, 2.24) is 0 Å². The van der Waals surface area contributed by atoms with Crippen LogP contribution >= 0.6 is 27.5 Å². The van der Waals surface area contributed by atoms with Crippen LogP contribution in [0, 0.1) is 0 Å². The second-order valence-corrected chi connectivity index (χ2v) is 7.47. The fourth-order valence-electron chi connectivity index (χ4n) is 2.72. The minimum Gasteiger partial charge on any atom is -0.490 e. The summed E-state index contributed by atoms with van der Waals surface area (Å²) in [6, 6.07) is 20.4. The summed E-state index contributed by atoms with van der Waals surface area (Å²) >= 11 is 9.77. The standard InChI is InChI=1S/C24H20BrClO3/c1-2-28-23-15-17(12-13-22(27)18-8-4-3-5-9-18)14-20(25)24(23)29-16-19-10-6-7-11-21(19)26/h3-15H,2,16H2,1H3/b13-12+. The molecule has 0 unspecified atom stereocenters. The van der Waals surface area contributed by atoms with Crippen LogP contribution in [0.5, 0.6) is 11.5 Å². The number of hydrogen-bond donors (Lipinski definition) is 0. The Labute approximate surface area is 184 Å². The van der Waals surface area contributed by atoms with Gasteiger partial charge in [-0.3, -0.25) is 4.79 Å². The molecule has 0 bridgehead atoms. The van der Waals surface area contributed by atoms with E-state index in [9.17, 15) is 4.79 Å². The van der Waals surface area contributed by atoms with Crippen molar-refractivity contribution in [3.8, 4) is 11.5 Å². The van der Waals surface area contributed by atoms with Gasteiger partial charge in [0.2, 0.25) is 0 Å². The lowest BCUT2D eigenvalue weighted by atomic mass is 10.1. The smallest absolute Gasteiger partial charge is 0.185 e. The molecule has 148 valence electrons. The first-order valence-electron chi connectivity index (χ1n) is 9.18. The molecular weight excluding hydrogens is 452 g/mol. The van der Waals surface area contributed by atoms with Gasteiger partial charge in [0, 0.05) is 16.1 Å². The maximum Gasteiger partial charge on any atom is 0.185 e. The second-order valence-electron chi connectivity index (χ2n) is 6.21. The normalized spacial score (nSPS) is 10.9. The number of carbonyl (C=O) groups excluding carboxylic acids is 1. The van der Waals surface area contributed by atoms with E-state index >= 15 is 0 Å². The van der Waals surface area contributed by atoms with E-state index < -0.39 is 0 Å². The third kappa shape index (κ3) is 5.72. The van der Waals surface area contributed by atoms with E-state index in [2.05, 4.69) is 15.9 Å². The van der Waals surface area contributed by atoms with Crippen LogP contribution in [0.15, 0.2) is 77.3 Å². The molecule has 0 aliphatic rings. The largest absolute Gasteiger partial charge is 0.490 e. The fraction of sp³-hybridized carbons (Fsp3) is 0.125. The second kappa shape index (κ2) is 10.3. The van der Waals surface area contributed by atoms with Crippen molar-refractivity contribution >= 4 is 39.4 Å². The molecule has 0 fully saturated rings. The van der Waals surface area contributed by atoms with Crippen LogP contribution in [0.1, 0.15) is 28.4 Å². The molecule has 0 saturated carbocycles. The Morgan fingerprint density at radius 2 is 1.76 bits per heavy atom. The molecule has 5 heteroatoms. The highest BCUT2D eigenvalue weighted by atomic mass is 79.9. The van der Waals surface area contributed by atoms with Gasteiger partial charge in [-0.1, -0.05) is 66.2 Å². The van der Waals surface area contributed by atoms with Crippen LogP contribution in [0.25, 0.3) is 6.08 Å². The maximum absolute atomic E-state index is 12.3. The van der Waals surface area contributed by atoms with Crippen molar-refractivity contribution in [2.75, 3.05) is 6.61 Å². The van der Waals surface area contributed by atoms with Crippen molar-refractivity contribution in [2.45, 2.75) is 13.5 Å². The minimum atomic E-state index is -0.0567. The number of benzene rings is 3. The number of rotatable bonds is 8. The topological polar surface area (TPSA) is 35.5 Å².